The Bertz CT molecular complexity index is 58.4. The quantitative estimate of drug-likeness (QED) is 0.449. The molecule has 46 valence electrons. The molecule has 0 nitrogen and oxygen atoms in total. The highest BCUT2D eigenvalue weighted by molar-refractivity contribution is 4.96. The van der Waals surface area contributed by atoms with Crippen LogP contribution >= 0.6 is 0 Å². The van der Waals surface area contributed by atoms with Crippen molar-refractivity contribution >= 4 is 0 Å². The largest absolute Gasteiger partial charge is 0.0622 e. The Morgan fingerprint density at radius 1 is 1.62 bits per heavy atom. The van der Waals surface area contributed by atoms with Gasteiger partial charge in [0.25, 0.3) is 0 Å². The van der Waals surface area contributed by atoms with Crippen molar-refractivity contribution in [3.8, 4) is 0 Å². The SMILES string of the molecule is C[C]1CC[CH]C(C)C1. The third-order valence-electron chi connectivity index (χ3n) is 1.81. The van der Waals surface area contributed by atoms with Crippen LogP contribution in [-0.2, 0) is 0 Å². The first kappa shape index (κ1) is 6.12. The van der Waals surface area contributed by atoms with Crippen molar-refractivity contribution < 1.29 is 0 Å². The summed E-state index contributed by atoms with van der Waals surface area (Å²) in [5.41, 5.74) is 0. The number of hydrogen-bond acceptors (Lipinski definition) is 0. The molecule has 0 aromatic rings. The van der Waals surface area contributed by atoms with Crippen molar-refractivity contribution in [3.63, 3.8) is 0 Å². The molecule has 0 aromatic heterocycles. The molecule has 0 bridgehead atoms. The second-order valence-corrected chi connectivity index (χ2v) is 2.91. The lowest BCUT2D eigenvalue weighted by Crippen LogP contribution is -2.08. The molecular formula is C8H14. The lowest BCUT2D eigenvalue weighted by atomic mass is 9.84. The maximum atomic E-state index is 2.42. The molecule has 0 saturated heterocycles. The molecule has 1 unspecified atom stereocenters. The smallest absolute Gasteiger partial charge is 0.0269 e. The van der Waals surface area contributed by atoms with E-state index in [9.17, 15) is 0 Å². The molecular weight excluding hydrogens is 96.1 g/mol. The maximum absolute atomic E-state index is 2.42. The Morgan fingerprint density at radius 2 is 2.38 bits per heavy atom. The van der Waals surface area contributed by atoms with Gasteiger partial charge in [0.15, 0.2) is 0 Å². The molecule has 1 saturated carbocycles. The zero-order valence-electron chi connectivity index (χ0n) is 5.78. The lowest BCUT2D eigenvalue weighted by Gasteiger charge is -2.22. The molecule has 1 rings (SSSR count). The fourth-order valence-electron chi connectivity index (χ4n) is 1.35. The van der Waals surface area contributed by atoms with Crippen LogP contribution in [0.1, 0.15) is 33.1 Å². The van der Waals surface area contributed by atoms with E-state index < -0.39 is 0 Å². The van der Waals surface area contributed by atoms with Crippen LogP contribution in [0.4, 0.5) is 0 Å². The normalized spacial score (nSPS) is 33.0. The first-order chi connectivity index (χ1) is 3.79. The maximum Gasteiger partial charge on any atom is -0.0269 e. The van der Waals surface area contributed by atoms with Crippen LogP contribution in [-0.4, -0.2) is 0 Å². The van der Waals surface area contributed by atoms with E-state index in [0.29, 0.717) is 0 Å². The molecule has 0 N–H and O–H groups in total. The Labute approximate surface area is 52.3 Å². The summed E-state index contributed by atoms with van der Waals surface area (Å²) in [6, 6.07) is 0. The monoisotopic (exact) mass is 110 g/mol. The third kappa shape index (κ3) is 1.50. The van der Waals surface area contributed by atoms with Crippen LogP contribution in [0.3, 0.4) is 0 Å². The molecule has 0 heterocycles. The second kappa shape index (κ2) is 2.52. The highest BCUT2D eigenvalue weighted by Gasteiger charge is 2.14. The number of rotatable bonds is 0. The van der Waals surface area contributed by atoms with Crippen molar-refractivity contribution in [1.82, 2.24) is 0 Å². The molecule has 1 atom stereocenters. The molecule has 2 radical (unpaired) electrons. The summed E-state index contributed by atoms with van der Waals surface area (Å²) in [5.74, 6) is 2.53. The van der Waals surface area contributed by atoms with Gasteiger partial charge in [0.1, 0.15) is 0 Å². The van der Waals surface area contributed by atoms with Crippen molar-refractivity contribution in [2.45, 2.75) is 33.1 Å². The summed E-state index contributed by atoms with van der Waals surface area (Å²) in [5, 5.41) is 0. The predicted molar refractivity (Wildman–Crippen MR) is 36.2 cm³/mol. The Kier molecular flexibility index (Phi) is 1.93. The first-order valence-corrected chi connectivity index (χ1v) is 3.43. The highest BCUT2D eigenvalue weighted by atomic mass is 14.2. The molecule has 1 fully saturated rings. The van der Waals surface area contributed by atoms with Gasteiger partial charge < -0.3 is 0 Å². The second-order valence-electron chi connectivity index (χ2n) is 2.91. The van der Waals surface area contributed by atoms with Gasteiger partial charge in [-0.2, -0.15) is 0 Å². The lowest BCUT2D eigenvalue weighted by molar-refractivity contribution is 0.510. The van der Waals surface area contributed by atoms with Gasteiger partial charge >= 0.3 is 0 Å². The predicted octanol–water partition coefficient (Wildman–Crippen LogP) is 2.61. The Balaban J connectivity index is 2.23. The van der Waals surface area contributed by atoms with Crippen LogP contribution in [0.2, 0.25) is 0 Å². The molecule has 8 heavy (non-hydrogen) atoms. The van der Waals surface area contributed by atoms with E-state index in [1.165, 1.54) is 19.3 Å². The third-order valence-corrected chi connectivity index (χ3v) is 1.81. The minimum absolute atomic E-state index is 0.851. The average Bonchev–Trinajstić information content (AvgIpc) is 1.64. The van der Waals surface area contributed by atoms with Crippen LogP contribution in [0, 0.1) is 18.3 Å². The van der Waals surface area contributed by atoms with E-state index in [1.807, 2.05) is 0 Å². The standard InChI is InChI=1S/C8H14/c1-7-4-3-5-8(2)6-7/h4,7H,3,5-6H2,1-2H3. The van der Waals surface area contributed by atoms with Gasteiger partial charge in [-0.1, -0.05) is 13.8 Å². The molecule has 0 spiro atoms. The summed E-state index contributed by atoms with van der Waals surface area (Å²) in [6.07, 6.45) is 6.41. The van der Waals surface area contributed by atoms with E-state index >= 15 is 0 Å². The van der Waals surface area contributed by atoms with Crippen molar-refractivity contribution in [2.24, 2.45) is 5.92 Å². The molecule has 0 amide bonds. The van der Waals surface area contributed by atoms with E-state index in [-0.39, 0.29) is 0 Å². The molecule has 0 aromatic carbocycles. The summed E-state index contributed by atoms with van der Waals surface area (Å²) in [7, 11) is 0. The summed E-state index contributed by atoms with van der Waals surface area (Å²) >= 11 is 0. The molecule has 0 aliphatic heterocycles. The summed E-state index contributed by atoms with van der Waals surface area (Å²) < 4.78 is 0. The van der Waals surface area contributed by atoms with Crippen molar-refractivity contribution in [1.29, 1.82) is 0 Å². The topological polar surface area (TPSA) is 0 Å². The fourth-order valence-corrected chi connectivity index (χ4v) is 1.35. The van der Waals surface area contributed by atoms with Gasteiger partial charge in [-0.05, 0) is 37.5 Å². The molecule has 1 aliphatic carbocycles. The van der Waals surface area contributed by atoms with Gasteiger partial charge in [0.2, 0.25) is 0 Å². The average molecular weight is 110 g/mol. The van der Waals surface area contributed by atoms with Gasteiger partial charge in [0, 0.05) is 0 Å². The van der Waals surface area contributed by atoms with E-state index in [0.717, 1.165) is 5.92 Å². The van der Waals surface area contributed by atoms with Crippen LogP contribution in [0.25, 0.3) is 0 Å². The van der Waals surface area contributed by atoms with Crippen LogP contribution < -0.4 is 0 Å². The van der Waals surface area contributed by atoms with E-state index in [2.05, 4.69) is 20.3 Å². The van der Waals surface area contributed by atoms with Crippen LogP contribution in [0.5, 0.6) is 0 Å². The molecule has 1 aliphatic rings. The zero-order valence-corrected chi connectivity index (χ0v) is 5.78. The number of hydrogen-bond donors (Lipinski definition) is 0. The van der Waals surface area contributed by atoms with Crippen molar-refractivity contribution in [2.75, 3.05) is 0 Å². The zero-order chi connectivity index (χ0) is 5.98. The Hall–Kier alpha value is 0. The van der Waals surface area contributed by atoms with Crippen LogP contribution in [0.15, 0.2) is 0 Å². The minimum atomic E-state index is 0.851. The minimum Gasteiger partial charge on any atom is -0.0622 e. The fraction of sp³-hybridized carbons (Fsp3) is 0.750. The molecule has 0 heteroatoms. The van der Waals surface area contributed by atoms with Crippen molar-refractivity contribution in [3.05, 3.63) is 12.3 Å². The van der Waals surface area contributed by atoms with Gasteiger partial charge in [0.05, 0.1) is 0 Å². The van der Waals surface area contributed by atoms with Gasteiger partial charge in [-0.3, -0.25) is 0 Å². The first-order valence-electron chi connectivity index (χ1n) is 3.43. The summed E-state index contributed by atoms with van der Waals surface area (Å²) in [6.45, 7) is 4.56. The summed E-state index contributed by atoms with van der Waals surface area (Å²) in [4.78, 5) is 0. The van der Waals surface area contributed by atoms with Gasteiger partial charge in [-0.15, -0.1) is 0 Å². The van der Waals surface area contributed by atoms with E-state index in [1.54, 1.807) is 5.92 Å². The van der Waals surface area contributed by atoms with Gasteiger partial charge in [-0.25, -0.2) is 0 Å². The highest BCUT2D eigenvalue weighted by Crippen LogP contribution is 2.28. The Morgan fingerprint density at radius 3 is 2.75 bits per heavy atom. The van der Waals surface area contributed by atoms with E-state index in [4.69, 9.17) is 0 Å².